The van der Waals surface area contributed by atoms with E-state index in [0.29, 0.717) is 24.7 Å². The van der Waals surface area contributed by atoms with Crippen LogP contribution in [-0.4, -0.2) is 39.7 Å². The molecule has 1 aromatic rings. The lowest BCUT2D eigenvalue weighted by Gasteiger charge is -2.72. The largest absolute Gasteiger partial charge is 0.481 e. The zero-order valence-electron chi connectivity index (χ0n) is 31.4. The van der Waals surface area contributed by atoms with E-state index in [0.717, 1.165) is 62.5 Å². The number of hydrogen-bond donors (Lipinski definition) is 1. The number of carbonyl (C=O) groups is 4. The summed E-state index contributed by atoms with van der Waals surface area (Å²) in [5, 5.41) is 9.58. The number of ketones is 2. The maximum absolute atomic E-state index is 14.5. The van der Waals surface area contributed by atoms with Gasteiger partial charge in [0.15, 0.2) is 5.78 Å². The summed E-state index contributed by atoms with van der Waals surface area (Å²) < 4.78 is 6.15. The van der Waals surface area contributed by atoms with Crippen LogP contribution >= 0.6 is 0 Å². The predicted molar refractivity (Wildman–Crippen MR) is 188 cm³/mol. The minimum atomic E-state index is -1.17. The minimum Gasteiger partial charge on any atom is -0.481 e. The Morgan fingerprint density at radius 2 is 1.67 bits per heavy atom. The average molecular weight is 674 g/mol. The third kappa shape index (κ3) is 5.29. The second kappa shape index (κ2) is 11.9. The number of pyridine rings is 1. The summed E-state index contributed by atoms with van der Waals surface area (Å²) in [7, 11) is 0. The van der Waals surface area contributed by atoms with Crippen LogP contribution < -0.4 is 0 Å². The van der Waals surface area contributed by atoms with Gasteiger partial charge in [0, 0.05) is 30.7 Å². The van der Waals surface area contributed by atoms with E-state index in [1.54, 1.807) is 26.2 Å². The normalized spacial score (nSPS) is 38.3. The first kappa shape index (κ1) is 36.0. The molecule has 0 spiro atoms. The van der Waals surface area contributed by atoms with Crippen molar-refractivity contribution in [3.63, 3.8) is 0 Å². The number of Topliss-reactive ketones (excluding diaryl/α,β-unsaturated/α-hetero) is 2. The van der Waals surface area contributed by atoms with Crippen LogP contribution in [0.2, 0.25) is 0 Å². The molecular formula is C42H59NO6. The fraction of sp³-hybridized carbons (Fsp3) is 0.738. The molecule has 1 aromatic heterocycles. The van der Waals surface area contributed by atoms with Crippen molar-refractivity contribution in [2.45, 2.75) is 139 Å². The smallest absolute Gasteiger partial charge is 0.309 e. The topological polar surface area (TPSA) is 111 Å². The van der Waals surface area contributed by atoms with Crippen molar-refractivity contribution in [2.24, 2.45) is 56.2 Å². The van der Waals surface area contributed by atoms with Crippen molar-refractivity contribution in [1.29, 1.82) is 0 Å². The van der Waals surface area contributed by atoms with Gasteiger partial charge in [-0.2, -0.15) is 0 Å². The second-order valence-electron chi connectivity index (χ2n) is 18.9. The van der Waals surface area contributed by atoms with E-state index in [-0.39, 0.29) is 57.6 Å². The number of rotatable bonds is 8. The van der Waals surface area contributed by atoms with E-state index < -0.39 is 22.8 Å². The number of allylic oxidation sites excluding steroid dienone is 2. The molecule has 5 aliphatic carbocycles. The van der Waals surface area contributed by atoms with Crippen molar-refractivity contribution < 1.29 is 29.0 Å². The molecule has 0 amide bonds. The summed E-state index contributed by atoms with van der Waals surface area (Å²) >= 11 is 0. The Labute approximate surface area is 293 Å². The molecule has 49 heavy (non-hydrogen) atoms. The Kier molecular flexibility index (Phi) is 8.71. The molecule has 8 atom stereocenters. The predicted octanol–water partition coefficient (Wildman–Crippen LogP) is 8.59. The van der Waals surface area contributed by atoms with Crippen molar-refractivity contribution in [3.8, 4) is 0 Å². The molecule has 4 saturated carbocycles. The molecular weight excluding hydrogens is 614 g/mol. The number of aliphatic carboxylic acids is 1. The van der Waals surface area contributed by atoms with Crippen molar-refractivity contribution in [3.05, 3.63) is 41.2 Å². The van der Waals surface area contributed by atoms with Crippen LogP contribution in [0.25, 0.3) is 0 Å². The molecule has 0 bridgehead atoms. The first-order valence-electron chi connectivity index (χ1n) is 18.9. The van der Waals surface area contributed by atoms with E-state index in [9.17, 15) is 24.3 Å². The highest BCUT2D eigenvalue weighted by Crippen LogP contribution is 2.76. The van der Waals surface area contributed by atoms with E-state index in [1.807, 2.05) is 12.1 Å². The molecule has 0 aromatic carbocycles. The van der Waals surface area contributed by atoms with Crippen LogP contribution in [0, 0.1) is 56.2 Å². The standard InChI is InChI=1S/C42H59NO6/c1-25(2)34-28(44)22-42(31(45)21-26-11-10-20-43-24-26)19-18-40(8)27(35(34)42)12-13-30-39(7)16-15-32(49-33(46)23-37(3,4)36(47)48)38(5,6)29(39)14-17-41(30,40)9/h10-11,20,24-25,27,29-30,32H,12-19,21-23H2,1-9H3,(H,47,48)/t27-,29+,30-,32+,39+,40-,41-,42+/m1/s1. The number of fused-ring (bicyclic) bond motifs is 7. The van der Waals surface area contributed by atoms with Gasteiger partial charge in [-0.25, -0.2) is 0 Å². The van der Waals surface area contributed by atoms with Gasteiger partial charge in [-0.3, -0.25) is 24.2 Å². The molecule has 7 nitrogen and oxygen atoms in total. The Bertz CT molecular complexity index is 1570. The molecule has 0 aliphatic heterocycles. The molecule has 0 unspecified atom stereocenters. The van der Waals surface area contributed by atoms with Gasteiger partial charge < -0.3 is 9.84 Å². The Hall–Kier alpha value is -2.83. The molecule has 0 saturated heterocycles. The summed E-state index contributed by atoms with van der Waals surface area (Å²) in [6.45, 7) is 19.5. The maximum atomic E-state index is 14.5. The number of ether oxygens (including phenoxy) is 1. The van der Waals surface area contributed by atoms with E-state index in [2.05, 4.69) is 53.5 Å². The quantitative estimate of drug-likeness (QED) is 0.275. The Balaban J connectivity index is 1.31. The summed E-state index contributed by atoms with van der Waals surface area (Å²) in [5.41, 5.74) is 0.968. The Morgan fingerprint density at radius 1 is 0.959 bits per heavy atom. The highest BCUT2D eigenvalue weighted by molar-refractivity contribution is 6.07. The molecule has 4 fully saturated rings. The van der Waals surface area contributed by atoms with Crippen LogP contribution in [-0.2, 0) is 30.3 Å². The number of aromatic nitrogens is 1. The molecule has 0 radical (unpaired) electrons. The SMILES string of the molecule is CC(C)C1=C2[C@H]3CC[C@@H]4[C@@]5(C)CC[C@H](OC(=O)CC(C)(C)C(=O)O)C(C)(C)[C@@H]5CC[C@@]4(C)[C@]3(C)CC[C@@]2(C(=O)Cc2cccnc2)CC1=O. The zero-order valence-corrected chi connectivity index (χ0v) is 31.4. The van der Waals surface area contributed by atoms with Gasteiger partial charge in [0.2, 0.25) is 0 Å². The number of nitrogens with zero attached hydrogens (tertiary/aromatic N) is 1. The number of carboxylic acids is 1. The lowest BCUT2D eigenvalue weighted by atomic mass is 9.33. The fourth-order valence-electron chi connectivity index (χ4n) is 12.6. The molecule has 6 rings (SSSR count). The summed E-state index contributed by atoms with van der Waals surface area (Å²) in [5.74, 6) is 0.0615. The Morgan fingerprint density at radius 3 is 2.31 bits per heavy atom. The number of esters is 1. The monoisotopic (exact) mass is 673 g/mol. The van der Waals surface area contributed by atoms with Gasteiger partial charge in [-0.05, 0) is 128 Å². The molecule has 1 heterocycles. The molecule has 1 N–H and O–H groups in total. The molecule has 5 aliphatic rings. The highest BCUT2D eigenvalue weighted by Gasteiger charge is 2.71. The lowest BCUT2D eigenvalue weighted by molar-refractivity contribution is -0.233. The van der Waals surface area contributed by atoms with Crippen molar-refractivity contribution in [2.75, 3.05) is 0 Å². The van der Waals surface area contributed by atoms with Gasteiger partial charge in [-0.15, -0.1) is 0 Å². The van der Waals surface area contributed by atoms with Gasteiger partial charge in [0.1, 0.15) is 11.9 Å². The highest BCUT2D eigenvalue weighted by atomic mass is 16.5. The lowest BCUT2D eigenvalue weighted by Crippen LogP contribution is -2.66. The summed E-state index contributed by atoms with van der Waals surface area (Å²) in [6.07, 6.45) is 11.3. The van der Waals surface area contributed by atoms with Crippen LogP contribution in [0.1, 0.15) is 132 Å². The first-order chi connectivity index (χ1) is 22.7. The van der Waals surface area contributed by atoms with Crippen molar-refractivity contribution in [1.82, 2.24) is 4.98 Å². The molecule has 268 valence electrons. The minimum absolute atomic E-state index is 0.0333. The van der Waals surface area contributed by atoms with Crippen LogP contribution in [0.15, 0.2) is 35.7 Å². The van der Waals surface area contributed by atoms with Crippen LogP contribution in [0.5, 0.6) is 0 Å². The molecule has 7 heteroatoms. The van der Waals surface area contributed by atoms with Crippen molar-refractivity contribution >= 4 is 23.5 Å². The number of carboxylic acid groups (broad SMARTS) is 1. The summed E-state index contributed by atoms with van der Waals surface area (Å²) in [6, 6.07) is 3.85. The fourth-order valence-corrected chi connectivity index (χ4v) is 12.6. The summed E-state index contributed by atoms with van der Waals surface area (Å²) in [4.78, 5) is 57.4. The number of carbonyl (C=O) groups excluding carboxylic acids is 3. The van der Waals surface area contributed by atoms with Gasteiger partial charge >= 0.3 is 11.9 Å². The van der Waals surface area contributed by atoms with Crippen LogP contribution in [0.3, 0.4) is 0 Å². The average Bonchev–Trinajstić information content (AvgIpc) is 3.32. The van der Waals surface area contributed by atoms with E-state index >= 15 is 0 Å². The van der Waals surface area contributed by atoms with Gasteiger partial charge in [-0.1, -0.05) is 54.5 Å². The second-order valence-corrected chi connectivity index (χ2v) is 18.9. The zero-order chi connectivity index (χ0) is 35.9. The van der Waals surface area contributed by atoms with Gasteiger partial charge in [0.05, 0.1) is 17.3 Å². The van der Waals surface area contributed by atoms with Gasteiger partial charge in [0.25, 0.3) is 0 Å². The van der Waals surface area contributed by atoms with Crippen LogP contribution in [0.4, 0.5) is 0 Å². The maximum Gasteiger partial charge on any atom is 0.309 e. The first-order valence-corrected chi connectivity index (χ1v) is 18.9. The van der Waals surface area contributed by atoms with E-state index in [4.69, 9.17) is 4.74 Å². The third-order valence-electron chi connectivity index (χ3n) is 15.4. The van der Waals surface area contributed by atoms with E-state index in [1.165, 1.54) is 5.57 Å². The number of hydrogen-bond acceptors (Lipinski definition) is 6. The third-order valence-corrected chi connectivity index (χ3v) is 15.4.